The van der Waals surface area contributed by atoms with Crippen LogP contribution in [0.5, 0.6) is 0 Å². The molecule has 1 aromatic rings. The van der Waals surface area contributed by atoms with E-state index in [0.717, 1.165) is 35.7 Å². The SMILES string of the molecule is CCCCSc1nc2c(cc1C#N)C(=O)CC(C)(C)C2. The summed E-state index contributed by atoms with van der Waals surface area (Å²) >= 11 is 1.63. The van der Waals surface area contributed by atoms with Crippen molar-refractivity contribution in [3.05, 3.63) is 22.9 Å². The molecule has 0 atom stereocenters. The number of hydrogen-bond donors (Lipinski definition) is 0. The Morgan fingerprint density at radius 3 is 2.85 bits per heavy atom. The van der Waals surface area contributed by atoms with Gasteiger partial charge in [0.1, 0.15) is 11.1 Å². The van der Waals surface area contributed by atoms with E-state index in [1.807, 2.05) is 0 Å². The normalized spacial score (nSPS) is 16.6. The number of unbranched alkanes of at least 4 members (excludes halogenated alkanes) is 1. The van der Waals surface area contributed by atoms with Crippen molar-refractivity contribution in [1.29, 1.82) is 5.26 Å². The zero-order chi connectivity index (χ0) is 14.8. The first-order valence-corrected chi connectivity index (χ1v) is 8.05. The van der Waals surface area contributed by atoms with Gasteiger partial charge < -0.3 is 0 Å². The third-order valence-corrected chi connectivity index (χ3v) is 4.59. The van der Waals surface area contributed by atoms with E-state index >= 15 is 0 Å². The van der Waals surface area contributed by atoms with Crippen LogP contribution in [0.25, 0.3) is 0 Å². The Labute approximate surface area is 124 Å². The fraction of sp³-hybridized carbons (Fsp3) is 0.562. The zero-order valence-corrected chi connectivity index (χ0v) is 13.1. The molecule has 106 valence electrons. The molecule has 0 aromatic carbocycles. The van der Waals surface area contributed by atoms with Crippen molar-refractivity contribution in [2.75, 3.05) is 5.75 Å². The largest absolute Gasteiger partial charge is 0.294 e. The van der Waals surface area contributed by atoms with Crippen LogP contribution in [0, 0.1) is 16.7 Å². The number of carbonyl (C=O) groups is 1. The summed E-state index contributed by atoms with van der Waals surface area (Å²) in [5.74, 6) is 1.08. The second kappa shape index (κ2) is 5.97. The highest BCUT2D eigenvalue weighted by atomic mass is 32.2. The summed E-state index contributed by atoms with van der Waals surface area (Å²) in [6.07, 6.45) is 3.58. The number of rotatable bonds is 4. The number of hydrogen-bond acceptors (Lipinski definition) is 4. The van der Waals surface area contributed by atoms with Gasteiger partial charge >= 0.3 is 0 Å². The van der Waals surface area contributed by atoms with Gasteiger partial charge in [-0.05, 0) is 30.1 Å². The number of thioether (sulfide) groups is 1. The number of carbonyl (C=O) groups excluding carboxylic acids is 1. The molecule has 0 aliphatic heterocycles. The summed E-state index contributed by atoms with van der Waals surface area (Å²) in [4.78, 5) is 16.8. The van der Waals surface area contributed by atoms with Crippen LogP contribution >= 0.6 is 11.8 Å². The number of nitriles is 1. The molecule has 0 unspecified atom stereocenters. The summed E-state index contributed by atoms with van der Waals surface area (Å²) in [7, 11) is 0. The average molecular weight is 288 g/mol. The molecule has 0 saturated heterocycles. The molecule has 0 bridgehead atoms. The third-order valence-electron chi connectivity index (χ3n) is 3.51. The number of fused-ring (bicyclic) bond motifs is 1. The van der Waals surface area contributed by atoms with E-state index in [0.29, 0.717) is 17.5 Å². The maximum Gasteiger partial charge on any atom is 0.165 e. The highest BCUT2D eigenvalue weighted by Crippen LogP contribution is 2.35. The first-order valence-electron chi connectivity index (χ1n) is 7.07. The lowest BCUT2D eigenvalue weighted by Gasteiger charge is -2.29. The first-order chi connectivity index (χ1) is 9.46. The molecule has 0 saturated carbocycles. The Bertz CT molecular complexity index is 573. The smallest absolute Gasteiger partial charge is 0.165 e. The summed E-state index contributed by atoms with van der Waals surface area (Å²) in [6, 6.07) is 3.92. The number of aromatic nitrogens is 1. The molecular weight excluding hydrogens is 268 g/mol. The molecule has 0 N–H and O–H groups in total. The molecule has 0 spiro atoms. The Morgan fingerprint density at radius 1 is 1.45 bits per heavy atom. The van der Waals surface area contributed by atoms with Crippen molar-refractivity contribution in [2.45, 2.75) is 51.5 Å². The van der Waals surface area contributed by atoms with Gasteiger partial charge in [0, 0.05) is 12.0 Å². The quantitative estimate of drug-likeness (QED) is 0.620. The van der Waals surface area contributed by atoms with Crippen molar-refractivity contribution in [1.82, 2.24) is 4.98 Å². The molecule has 0 fully saturated rings. The lowest BCUT2D eigenvalue weighted by molar-refractivity contribution is 0.0910. The summed E-state index contributed by atoms with van der Waals surface area (Å²) in [5, 5.41) is 10.0. The topological polar surface area (TPSA) is 53.8 Å². The second-order valence-electron chi connectivity index (χ2n) is 6.09. The Kier molecular flexibility index (Phi) is 4.49. The van der Waals surface area contributed by atoms with Crippen LogP contribution in [0.3, 0.4) is 0 Å². The zero-order valence-electron chi connectivity index (χ0n) is 12.3. The lowest BCUT2D eigenvalue weighted by atomic mass is 9.75. The minimum atomic E-state index is -0.0312. The standard InChI is InChI=1S/C16H20N2OS/c1-4-5-6-20-15-11(10-17)7-12-13(18-15)8-16(2,3)9-14(12)19/h7H,4-6,8-9H2,1-3H3. The molecule has 1 heterocycles. The van der Waals surface area contributed by atoms with Crippen LogP contribution in [0.15, 0.2) is 11.1 Å². The van der Waals surface area contributed by atoms with Gasteiger partial charge in [-0.25, -0.2) is 4.98 Å². The Morgan fingerprint density at radius 2 is 2.20 bits per heavy atom. The van der Waals surface area contributed by atoms with E-state index < -0.39 is 0 Å². The maximum absolute atomic E-state index is 12.2. The molecule has 1 aliphatic carbocycles. The summed E-state index contributed by atoms with van der Waals surface area (Å²) < 4.78 is 0. The minimum Gasteiger partial charge on any atom is -0.294 e. The number of Topliss-reactive ketones (excluding diaryl/α,β-unsaturated/α-hetero) is 1. The van der Waals surface area contributed by atoms with E-state index in [9.17, 15) is 10.1 Å². The van der Waals surface area contributed by atoms with E-state index in [4.69, 9.17) is 0 Å². The Hall–Kier alpha value is -1.34. The highest BCUT2D eigenvalue weighted by Gasteiger charge is 2.32. The number of ketones is 1. The average Bonchev–Trinajstić information content (AvgIpc) is 2.37. The predicted octanol–water partition coefficient (Wildman–Crippen LogP) is 4.00. The third kappa shape index (κ3) is 3.21. The lowest BCUT2D eigenvalue weighted by Crippen LogP contribution is -2.28. The second-order valence-corrected chi connectivity index (χ2v) is 7.17. The van der Waals surface area contributed by atoms with Gasteiger partial charge in [-0.1, -0.05) is 27.2 Å². The van der Waals surface area contributed by atoms with Crippen molar-refractivity contribution >= 4 is 17.5 Å². The van der Waals surface area contributed by atoms with Crippen LogP contribution < -0.4 is 0 Å². The van der Waals surface area contributed by atoms with E-state index in [-0.39, 0.29) is 11.2 Å². The van der Waals surface area contributed by atoms with Gasteiger partial charge in [-0.2, -0.15) is 5.26 Å². The van der Waals surface area contributed by atoms with Gasteiger partial charge in [0.15, 0.2) is 5.78 Å². The molecule has 3 nitrogen and oxygen atoms in total. The van der Waals surface area contributed by atoms with Gasteiger partial charge in [0.25, 0.3) is 0 Å². The Balaban J connectivity index is 2.36. The van der Waals surface area contributed by atoms with Crippen LogP contribution in [0.4, 0.5) is 0 Å². The van der Waals surface area contributed by atoms with Gasteiger partial charge in [0.05, 0.1) is 11.3 Å². The first kappa shape index (κ1) is 15.1. The van der Waals surface area contributed by atoms with Crippen molar-refractivity contribution in [3.63, 3.8) is 0 Å². The monoisotopic (exact) mass is 288 g/mol. The van der Waals surface area contributed by atoms with Crippen LogP contribution in [-0.2, 0) is 6.42 Å². The van der Waals surface area contributed by atoms with Crippen LogP contribution in [-0.4, -0.2) is 16.5 Å². The molecule has 20 heavy (non-hydrogen) atoms. The summed E-state index contributed by atoms with van der Waals surface area (Å²) in [5.41, 5.74) is 2.03. The number of pyridine rings is 1. The predicted molar refractivity (Wildman–Crippen MR) is 81.0 cm³/mol. The molecule has 0 amide bonds. The molecule has 1 aromatic heterocycles. The molecular formula is C16H20N2OS. The van der Waals surface area contributed by atoms with E-state index in [2.05, 4.69) is 31.8 Å². The highest BCUT2D eigenvalue weighted by molar-refractivity contribution is 7.99. The molecule has 2 rings (SSSR count). The van der Waals surface area contributed by atoms with Crippen molar-refractivity contribution < 1.29 is 4.79 Å². The molecule has 0 radical (unpaired) electrons. The number of nitrogens with zero attached hydrogens (tertiary/aromatic N) is 2. The van der Waals surface area contributed by atoms with E-state index in [1.54, 1.807) is 17.8 Å². The maximum atomic E-state index is 12.2. The van der Waals surface area contributed by atoms with Crippen LogP contribution in [0.1, 0.15) is 61.6 Å². The van der Waals surface area contributed by atoms with E-state index in [1.165, 1.54) is 0 Å². The minimum absolute atomic E-state index is 0.0312. The van der Waals surface area contributed by atoms with Crippen molar-refractivity contribution in [3.8, 4) is 6.07 Å². The summed E-state index contributed by atoms with van der Waals surface area (Å²) in [6.45, 7) is 6.34. The van der Waals surface area contributed by atoms with Gasteiger partial charge in [-0.3, -0.25) is 4.79 Å². The fourth-order valence-corrected chi connectivity index (χ4v) is 3.52. The fourth-order valence-electron chi connectivity index (χ4n) is 2.46. The van der Waals surface area contributed by atoms with Crippen molar-refractivity contribution in [2.24, 2.45) is 5.41 Å². The molecule has 1 aliphatic rings. The van der Waals surface area contributed by atoms with Crippen LogP contribution in [0.2, 0.25) is 0 Å². The molecule has 4 heteroatoms. The van der Waals surface area contributed by atoms with Gasteiger partial charge in [-0.15, -0.1) is 11.8 Å². The van der Waals surface area contributed by atoms with Gasteiger partial charge in [0.2, 0.25) is 0 Å².